The van der Waals surface area contributed by atoms with Crippen molar-refractivity contribution in [3.8, 4) is 5.75 Å². The number of rotatable bonds is 5. The minimum absolute atomic E-state index is 0.0443. The highest BCUT2D eigenvalue weighted by molar-refractivity contribution is 6.23. The summed E-state index contributed by atoms with van der Waals surface area (Å²) in [7, 11) is 0. The number of carbonyl (C=O) groups is 3. The molecule has 45 heavy (non-hydrogen) atoms. The molecule has 5 aliphatic carbocycles. The van der Waals surface area contributed by atoms with Gasteiger partial charge in [0.15, 0.2) is 17.2 Å². The maximum absolute atomic E-state index is 14.4. The molecule has 0 radical (unpaired) electrons. The SMILES string of the molecule is CC(=O)C1=C(O)[C@]2(O)C(=O)C3=C(O)c4c(O)c(C5=CC=C(CC6CCC(C)CC6)C5)cc(C(C)C)c4C[C@@]3(C)C[C@@]2(C)CC1=O. The van der Waals surface area contributed by atoms with Crippen molar-refractivity contribution in [3.63, 3.8) is 0 Å². The molecule has 1 aromatic carbocycles. The normalized spacial score (nSPS) is 33.2. The molecule has 2 fully saturated rings. The third-order valence-corrected chi connectivity index (χ3v) is 11.6. The first-order valence-electron chi connectivity index (χ1n) is 16.5. The molecule has 2 saturated carbocycles. The number of fused-ring (bicyclic) bond motifs is 3. The molecule has 6 rings (SSSR count). The van der Waals surface area contributed by atoms with Gasteiger partial charge < -0.3 is 20.4 Å². The molecule has 3 atom stereocenters. The lowest BCUT2D eigenvalue weighted by Crippen LogP contribution is -2.65. The van der Waals surface area contributed by atoms with Crippen molar-refractivity contribution in [2.75, 3.05) is 0 Å². The molecule has 7 nitrogen and oxygen atoms in total. The number of benzene rings is 1. The summed E-state index contributed by atoms with van der Waals surface area (Å²) < 4.78 is 0. The van der Waals surface area contributed by atoms with Gasteiger partial charge in [0.05, 0.1) is 5.56 Å². The van der Waals surface area contributed by atoms with E-state index in [0.717, 1.165) is 36.0 Å². The maximum Gasteiger partial charge on any atom is 0.203 e. The number of Topliss-reactive ketones (excluding diaryl/α,β-unsaturated/α-hetero) is 3. The third kappa shape index (κ3) is 4.59. The summed E-state index contributed by atoms with van der Waals surface area (Å²) in [5.41, 5.74) is -0.848. The minimum atomic E-state index is -2.57. The topological polar surface area (TPSA) is 132 Å². The van der Waals surface area contributed by atoms with Gasteiger partial charge in [-0.25, -0.2) is 0 Å². The van der Waals surface area contributed by atoms with Crippen LogP contribution in [-0.4, -0.2) is 43.4 Å². The van der Waals surface area contributed by atoms with Crippen LogP contribution in [-0.2, 0) is 20.8 Å². The number of hydrogen-bond acceptors (Lipinski definition) is 7. The van der Waals surface area contributed by atoms with E-state index in [1.807, 2.05) is 13.0 Å². The van der Waals surface area contributed by atoms with Crippen LogP contribution in [0.5, 0.6) is 5.75 Å². The molecule has 0 heterocycles. The number of hydrogen-bond donors (Lipinski definition) is 4. The zero-order valence-electron chi connectivity index (χ0n) is 27.3. The number of aliphatic hydroxyl groups is 3. The summed E-state index contributed by atoms with van der Waals surface area (Å²) in [5, 5.41) is 46.9. The molecule has 0 unspecified atom stereocenters. The fourth-order valence-corrected chi connectivity index (χ4v) is 9.32. The van der Waals surface area contributed by atoms with Crippen LogP contribution in [0.2, 0.25) is 0 Å². The largest absolute Gasteiger partial charge is 0.508 e. The van der Waals surface area contributed by atoms with Crippen LogP contribution in [0.3, 0.4) is 0 Å². The monoisotopic (exact) mass is 614 g/mol. The molecule has 0 bridgehead atoms. The van der Waals surface area contributed by atoms with E-state index in [4.69, 9.17) is 0 Å². The van der Waals surface area contributed by atoms with Crippen molar-refractivity contribution in [1.29, 1.82) is 0 Å². The van der Waals surface area contributed by atoms with Crippen LogP contribution < -0.4 is 0 Å². The van der Waals surface area contributed by atoms with E-state index >= 15 is 0 Å². The summed E-state index contributed by atoms with van der Waals surface area (Å²) in [6.07, 6.45) is 11.1. The van der Waals surface area contributed by atoms with Crippen molar-refractivity contribution < 1.29 is 34.8 Å². The van der Waals surface area contributed by atoms with Gasteiger partial charge in [-0.2, -0.15) is 0 Å². The summed E-state index contributed by atoms with van der Waals surface area (Å²) in [6.45, 7) is 11.0. The molecule has 0 amide bonds. The molecule has 0 aliphatic heterocycles. The first kappa shape index (κ1) is 31.5. The lowest BCUT2D eigenvalue weighted by molar-refractivity contribution is -0.164. The average molecular weight is 615 g/mol. The molecular formula is C38H46O7. The molecule has 4 N–H and O–H groups in total. The van der Waals surface area contributed by atoms with E-state index in [1.165, 1.54) is 31.3 Å². The maximum atomic E-state index is 14.4. The van der Waals surface area contributed by atoms with Gasteiger partial charge in [0.25, 0.3) is 0 Å². The Kier molecular flexibility index (Phi) is 7.39. The van der Waals surface area contributed by atoms with Gasteiger partial charge in [0.1, 0.15) is 22.8 Å². The van der Waals surface area contributed by atoms with Crippen molar-refractivity contribution >= 4 is 28.7 Å². The van der Waals surface area contributed by atoms with Crippen molar-refractivity contribution in [2.45, 2.75) is 111 Å². The zero-order valence-corrected chi connectivity index (χ0v) is 27.3. The lowest BCUT2D eigenvalue weighted by Gasteiger charge is -2.56. The minimum Gasteiger partial charge on any atom is -0.508 e. The van der Waals surface area contributed by atoms with Crippen molar-refractivity contribution in [3.05, 3.63) is 63.0 Å². The Hall–Kier alpha value is -3.45. The Morgan fingerprint density at radius 1 is 1.02 bits per heavy atom. The predicted octanol–water partition coefficient (Wildman–Crippen LogP) is 7.36. The highest BCUT2D eigenvalue weighted by Crippen LogP contribution is 2.63. The van der Waals surface area contributed by atoms with E-state index in [1.54, 1.807) is 6.92 Å². The molecular weight excluding hydrogens is 568 g/mol. The second-order valence-corrected chi connectivity index (χ2v) is 15.5. The average Bonchev–Trinajstić information content (AvgIpc) is 3.39. The van der Waals surface area contributed by atoms with Gasteiger partial charge in [0, 0.05) is 28.4 Å². The van der Waals surface area contributed by atoms with Crippen LogP contribution >= 0.6 is 0 Å². The van der Waals surface area contributed by atoms with Gasteiger partial charge in [-0.05, 0) is 86.0 Å². The third-order valence-electron chi connectivity index (χ3n) is 11.6. The first-order valence-corrected chi connectivity index (χ1v) is 16.5. The Balaban J connectivity index is 1.44. The smallest absolute Gasteiger partial charge is 0.203 e. The second kappa shape index (κ2) is 10.5. The van der Waals surface area contributed by atoms with Crippen LogP contribution in [0.4, 0.5) is 0 Å². The van der Waals surface area contributed by atoms with Crippen LogP contribution in [0.1, 0.15) is 121 Å². The summed E-state index contributed by atoms with van der Waals surface area (Å²) in [5.74, 6) is -2.25. The molecule has 0 aromatic heterocycles. The standard InChI is InChI=1S/C38H46O7/c1-19(2)25-15-26(24-12-11-23(14-24)13-22-9-7-20(3)8-10-22)32(41)30-27(25)16-36(5)18-37(6)17-28(40)29(21(4)39)34(43)38(37,45)35(44)31(36)33(30)42/h11-12,15,19-20,22,41-43,45H,7-10,13-14,16-18H2,1-6H3/t20?,22?,36-,37+,38-/m0/s1. The van der Waals surface area contributed by atoms with Crippen molar-refractivity contribution in [2.24, 2.45) is 22.7 Å². The van der Waals surface area contributed by atoms with E-state index < -0.39 is 50.9 Å². The predicted molar refractivity (Wildman–Crippen MR) is 173 cm³/mol. The quantitative estimate of drug-likeness (QED) is 0.255. The number of carbonyl (C=O) groups excluding carboxylic acids is 3. The number of phenols is 1. The summed E-state index contributed by atoms with van der Waals surface area (Å²) in [4.78, 5) is 39.7. The fourth-order valence-electron chi connectivity index (χ4n) is 9.32. The number of allylic oxidation sites excluding steroid dienone is 5. The molecule has 1 aromatic rings. The number of phenolic OH excluding ortho intramolecular Hbond substituents is 1. The van der Waals surface area contributed by atoms with E-state index in [9.17, 15) is 34.8 Å². The van der Waals surface area contributed by atoms with E-state index in [0.29, 0.717) is 24.3 Å². The van der Waals surface area contributed by atoms with Crippen molar-refractivity contribution in [1.82, 2.24) is 0 Å². The second-order valence-electron chi connectivity index (χ2n) is 15.5. The molecule has 7 heteroatoms. The first-order chi connectivity index (χ1) is 21.0. The Bertz CT molecular complexity index is 1660. The molecule has 0 spiro atoms. The van der Waals surface area contributed by atoms with Gasteiger partial charge in [-0.15, -0.1) is 0 Å². The van der Waals surface area contributed by atoms with Crippen LogP contribution in [0, 0.1) is 22.7 Å². The fraction of sp³-hybridized carbons (Fsp3) is 0.553. The Labute approximate surface area is 265 Å². The van der Waals surface area contributed by atoms with Crippen LogP contribution in [0.25, 0.3) is 11.3 Å². The molecule has 0 saturated heterocycles. The lowest BCUT2D eigenvalue weighted by atomic mass is 9.47. The Morgan fingerprint density at radius 3 is 2.31 bits per heavy atom. The molecule has 240 valence electrons. The summed E-state index contributed by atoms with van der Waals surface area (Å²) in [6, 6.07) is 2.02. The number of aromatic hydroxyl groups is 1. The van der Waals surface area contributed by atoms with E-state index in [2.05, 4.69) is 32.9 Å². The van der Waals surface area contributed by atoms with E-state index in [-0.39, 0.29) is 35.6 Å². The number of aliphatic hydroxyl groups excluding tert-OH is 2. The highest BCUT2D eigenvalue weighted by atomic mass is 16.3. The molecule has 5 aliphatic rings. The zero-order chi connectivity index (χ0) is 32.8. The number of ketones is 3. The van der Waals surface area contributed by atoms with Gasteiger partial charge in [-0.1, -0.05) is 65.2 Å². The highest BCUT2D eigenvalue weighted by Gasteiger charge is 2.68. The van der Waals surface area contributed by atoms with Gasteiger partial charge in [-0.3, -0.25) is 14.4 Å². The Morgan fingerprint density at radius 2 is 1.69 bits per heavy atom. The summed E-state index contributed by atoms with van der Waals surface area (Å²) >= 11 is 0. The van der Waals surface area contributed by atoms with Crippen LogP contribution in [0.15, 0.2) is 40.7 Å². The van der Waals surface area contributed by atoms with Gasteiger partial charge in [0.2, 0.25) is 5.78 Å². The van der Waals surface area contributed by atoms with Gasteiger partial charge >= 0.3 is 0 Å².